The Morgan fingerprint density at radius 3 is 2.44 bits per heavy atom. The van der Waals surface area contributed by atoms with E-state index in [1.165, 1.54) is 0 Å². The summed E-state index contributed by atoms with van der Waals surface area (Å²) in [4.78, 5) is 13.8. The molecule has 0 aliphatic heterocycles. The molecule has 0 saturated carbocycles. The van der Waals surface area contributed by atoms with Crippen LogP contribution in [-0.4, -0.2) is 40.8 Å². The van der Waals surface area contributed by atoms with E-state index < -0.39 is 5.97 Å². The van der Waals surface area contributed by atoms with E-state index in [9.17, 15) is 4.79 Å². The topological polar surface area (TPSA) is 66.6 Å². The number of nitrogens with two attached hydrogens (primary N) is 1. The lowest BCUT2D eigenvalue weighted by atomic mass is 10.1. The fourth-order valence-corrected chi connectivity index (χ4v) is 2.45. The third-order valence-corrected chi connectivity index (χ3v) is 3.49. The van der Waals surface area contributed by atoms with Crippen LogP contribution in [0.15, 0.2) is 29.2 Å². The van der Waals surface area contributed by atoms with Crippen LogP contribution >= 0.6 is 24.0 Å². The Hall–Kier alpha value is -1.11. The lowest BCUT2D eigenvalue weighted by Crippen LogP contribution is -2.37. The Bertz CT molecular complexity index is 434. The van der Waals surface area contributed by atoms with Crippen molar-refractivity contribution < 1.29 is 9.90 Å². The van der Waals surface area contributed by atoms with Crippen LogP contribution in [0.3, 0.4) is 0 Å². The van der Waals surface area contributed by atoms with Crippen molar-refractivity contribution in [2.75, 3.05) is 19.8 Å². The Labute approximate surface area is 116 Å². The average molecular weight is 284 g/mol. The predicted octanol–water partition coefficient (Wildman–Crippen LogP) is 1.75. The number of rotatable bonds is 6. The van der Waals surface area contributed by atoms with Gasteiger partial charge < -0.3 is 10.8 Å². The van der Waals surface area contributed by atoms with Gasteiger partial charge in [0, 0.05) is 4.90 Å². The van der Waals surface area contributed by atoms with Gasteiger partial charge >= 0.3 is 5.97 Å². The van der Waals surface area contributed by atoms with Crippen molar-refractivity contribution in [3.05, 3.63) is 29.8 Å². The van der Waals surface area contributed by atoms with E-state index in [1.807, 2.05) is 30.5 Å². The lowest BCUT2D eigenvalue weighted by molar-refractivity contribution is -0.138. The number of carbonyl (C=O) groups is 1. The van der Waals surface area contributed by atoms with Gasteiger partial charge in [-0.05, 0) is 31.0 Å². The summed E-state index contributed by atoms with van der Waals surface area (Å²) in [5.41, 5.74) is 6.61. The molecule has 1 aromatic carbocycles. The van der Waals surface area contributed by atoms with E-state index in [1.54, 1.807) is 23.7 Å². The summed E-state index contributed by atoms with van der Waals surface area (Å²) >= 11 is 6.67. The molecule has 0 spiro atoms. The van der Waals surface area contributed by atoms with Gasteiger partial charge in [-0.2, -0.15) is 0 Å². The Morgan fingerprint density at radius 1 is 1.50 bits per heavy atom. The van der Waals surface area contributed by atoms with Crippen molar-refractivity contribution in [3.63, 3.8) is 0 Å². The molecule has 0 aliphatic rings. The number of thioether (sulfide) groups is 1. The van der Waals surface area contributed by atoms with Crippen LogP contribution in [0.2, 0.25) is 0 Å². The summed E-state index contributed by atoms with van der Waals surface area (Å²) in [5.74, 6) is -0.903. The summed E-state index contributed by atoms with van der Waals surface area (Å²) in [5, 5.41) is 8.81. The number of thiocarbonyl (C=S) groups is 1. The van der Waals surface area contributed by atoms with E-state index in [0.29, 0.717) is 0 Å². The number of nitrogens with zero attached hydrogens (tertiary/aromatic N) is 1. The molecule has 6 heteroatoms. The second-order valence-corrected chi connectivity index (χ2v) is 5.24. The van der Waals surface area contributed by atoms with E-state index >= 15 is 0 Å². The van der Waals surface area contributed by atoms with Crippen LogP contribution < -0.4 is 5.73 Å². The monoisotopic (exact) mass is 284 g/mol. The average Bonchev–Trinajstić information content (AvgIpc) is 2.28. The van der Waals surface area contributed by atoms with Crippen molar-refractivity contribution in [2.45, 2.75) is 10.9 Å². The number of aliphatic carboxylic acids is 1. The zero-order valence-corrected chi connectivity index (χ0v) is 11.9. The van der Waals surface area contributed by atoms with E-state index in [0.717, 1.165) is 10.5 Å². The quantitative estimate of drug-likeness (QED) is 0.613. The second kappa shape index (κ2) is 6.72. The smallest absolute Gasteiger partial charge is 0.317 e. The minimum Gasteiger partial charge on any atom is -0.480 e. The van der Waals surface area contributed by atoms with Gasteiger partial charge in [0.05, 0.1) is 17.6 Å². The van der Waals surface area contributed by atoms with Crippen LogP contribution in [-0.2, 0) is 4.79 Å². The highest BCUT2D eigenvalue weighted by atomic mass is 32.2. The van der Waals surface area contributed by atoms with Gasteiger partial charge in [-0.15, -0.1) is 11.8 Å². The minimum absolute atomic E-state index is 0.105. The Balaban J connectivity index is 2.96. The molecule has 18 heavy (non-hydrogen) atoms. The summed E-state index contributed by atoms with van der Waals surface area (Å²) in [6.45, 7) is -0.105. The largest absolute Gasteiger partial charge is 0.480 e. The Kier molecular flexibility index (Phi) is 5.58. The molecular formula is C12H16N2O2S2. The highest BCUT2D eigenvalue weighted by Gasteiger charge is 2.21. The third-order valence-electron chi connectivity index (χ3n) is 2.53. The van der Waals surface area contributed by atoms with Crippen LogP contribution in [0.4, 0.5) is 0 Å². The van der Waals surface area contributed by atoms with Gasteiger partial charge in [-0.1, -0.05) is 24.4 Å². The van der Waals surface area contributed by atoms with Crippen molar-refractivity contribution in [2.24, 2.45) is 5.73 Å². The molecule has 0 aromatic heterocycles. The number of benzene rings is 1. The van der Waals surface area contributed by atoms with Crippen molar-refractivity contribution in [1.82, 2.24) is 4.90 Å². The highest BCUT2D eigenvalue weighted by molar-refractivity contribution is 7.98. The molecule has 4 nitrogen and oxygen atoms in total. The number of carboxylic acid groups (broad SMARTS) is 1. The van der Waals surface area contributed by atoms with Crippen LogP contribution in [0.25, 0.3) is 0 Å². The summed E-state index contributed by atoms with van der Waals surface area (Å²) < 4.78 is 0. The SMILES string of the molecule is CSc1ccc(C(C(N)=S)N(C)CC(=O)O)cc1. The molecule has 0 radical (unpaired) electrons. The molecule has 0 saturated heterocycles. The van der Waals surface area contributed by atoms with Crippen LogP contribution in [0.1, 0.15) is 11.6 Å². The lowest BCUT2D eigenvalue weighted by Gasteiger charge is -2.26. The van der Waals surface area contributed by atoms with E-state index in [-0.39, 0.29) is 17.6 Å². The zero-order chi connectivity index (χ0) is 13.7. The third kappa shape index (κ3) is 3.97. The van der Waals surface area contributed by atoms with Gasteiger partial charge in [0.2, 0.25) is 0 Å². The van der Waals surface area contributed by atoms with Gasteiger partial charge in [-0.3, -0.25) is 9.69 Å². The maximum atomic E-state index is 10.7. The summed E-state index contributed by atoms with van der Waals surface area (Å²) in [6, 6.07) is 7.44. The van der Waals surface area contributed by atoms with E-state index in [4.69, 9.17) is 23.1 Å². The molecule has 0 aliphatic carbocycles. The first-order valence-corrected chi connectivity index (χ1v) is 6.94. The number of likely N-dealkylation sites (N-methyl/N-ethyl adjacent to an activating group) is 1. The molecule has 1 unspecified atom stereocenters. The maximum absolute atomic E-state index is 10.7. The van der Waals surface area contributed by atoms with Gasteiger partial charge in [0.1, 0.15) is 0 Å². The molecule has 0 bridgehead atoms. The normalized spacial score (nSPS) is 12.4. The molecule has 1 aromatic rings. The first kappa shape index (κ1) is 14.9. The Morgan fingerprint density at radius 2 is 2.06 bits per heavy atom. The summed E-state index contributed by atoms with van der Waals surface area (Å²) in [6.07, 6.45) is 2.00. The van der Waals surface area contributed by atoms with Gasteiger partial charge in [0.15, 0.2) is 0 Å². The number of hydrogen-bond donors (Lipinski definition) is 2. The summed E-state index contributed by atoms with van der Waals surface area (Å²) in [7, 11) is 1.69. The predicted molar refractivity (Wildman–Crippen MR) is 78.0 cm³/mol. The first-order valence-electron chi connectivity index (χ1n) is 5.31. The maximum Gasteiger partial charge on any atom is 0.317 e. The minimum atomic E-state index is -0.903. The molecular weight excluding hydrogens is 268 g/mol. The molecule has 1 atom stereocenters. The van der Waals surface area contributed by atoms with Gasteiger partial charge in [-0.25, -0.2) is 0 Å². The highest BCUT2D eigenvalue weighted by Crippen LogP contribution is 2.23. The first-order chi connectivity index (χ1) is 8.45. The van der Waals surface area contributed by atoms with Crippen LogP contribution in [0.5, 0.6) is 0 Å². The molecule has 0 heterocycles. The standard InChI is InChI=1S/C12H16N2O2S2/c1-14(7-10(15)16)11(12(13)17)8-3-5-9(18-2)6-4-8/h3-6,11H,7H2,1-2H3,(H2,13,17)(H,15,16). The molecule has 0 amide bonds. The zero-order valence-electron chi connectivity index (χ0n) is 10.3. The van der Waals surface area contributed by atoms with Crippen molar-refractivity contribution in [1.29, 1.82) is 0 Å². The fourth-order valence-electron chi connectivity index (χ4n) is 1.73. The number of hydrogen-bond acceptors (Lipinski definition) is 4. The van der Waals surface area contributed by atoms with Crippen LogP contribution in [0, 0.1) is 0 Å². The molecule has 1 rings (SSSR count). The van der Waals surface area contributed by atoms with Gasteiger partial charge in [0.25, 0.3) is 0 Å². The van der Waals surface area contributed by atoms with Crippen molar-refractivity contribution in [3.8, 4) is 0 Å². The molecule has 0 fully saturated rings. The van der Waals surface area contributed by atoms with E-state index in [2.05, 4.69) is 0 Å². The second-order valence-electron chi connectivity index (χ2n) is 3.89. The molecule has 98 valence electrons. The fraction of sp³-hybridized carbons (Fsp3) is 0.333. The molecule has 3 N–H and O–H groups in total. The van der Waals surface area contributed by atoms with Crippen molar-refractivity contribution >= 4 is 34.9 Å². The number of carboxylic acids is 1.